The Balaban J connectivity index is 1.63. The van der Waals surface area contributed by atoms with Crippen LogP contribution in [0.25, 0.3) is 0 Å². The number of fused-ring (bicyclic) bond motifs is 1. The van der Waals surface area contributed by atoms with E-state index in [9.17, 15) is 0 Å². The predicted molar refractivity (Wildman–Crippen MR) is 78.6 cm³/mol. The monoisotopic (exact) mass is 261 g/mol. The third-order valence-corrected chi connectivity index (χ3v) is 4.22. The topological polar surface area (TPSA) is 50.5 Å². The summed E-state index contributed by atoms with van der Waals surface area (Å²) in [6, 6.07) is 6.28. The summed E-state index contributed by atoms with van der Waals surface area (Å²) in [5.41, 5.74) is 9.38. The fraction of sp³-hybridized carbons (Fsp3) is 0.600. The van der Waals surface area contributed by atoms with Gasteiger partial charge in [-0.1, -0.05) is 6.07 Å². The Morgan fingerprint density at radius 1 is 1.32 bits per heavy atom. The largest absolute Gasteiger partial charge is 0.399 e. The second-order valence-corrected chi connectivity index (χ2v) is 5.50. The SMILES string of the molecule is Nc1ccc2c(c1)NCCC2CCN1CCOCC1. The molecule has 19 heavy (non-hydrogen) atoms. The van der Waals surface area contributed by atoms with E-state index in [1.54, 1.807) is 0 Å². The predicted octanol–water partition coefficient (Wildman–Crippen LogP) is 1.89. The molecule has 2 aliphatic rings. The van der Waals surface area contributed by atoms with Gasteiger partial charge in [0.1, 0.15) is 0 Å². The zero-order chi connectivity index (χ0) is 13.1. The highest BCUT2D eigenvalue weighted by Gasteiger charge is 2.21. The van der Waals surface area contributed by atoms with Crippen molar-refractivity contribution in [2.45, 2.75) is 18.8 Å². The van der Waals surface area contributed by atoms with Crippen LogP contribution >= 0.6 is 0 Å². The second-order valence-electron chi connectivity index (χ2n) is 5.50. The Labute approximate surface area is 114 Å². The molecule has 0 radical (unpaired) electrons. The van der Waals surface area contributed by atoms with Crippen LogP contribution in [0.15, 0.2) is 18.2 Å². The third kappa shape index (κ3) is 3.01. The van der Waals surface area contributed by atoms with Crippen LogP contribution in [-0.2, 0) is 4.74 Å². The summed E-state index contributed by atoms with van der Waals surface area (Å²) in [4.78, 5) is 2.52. The van der Waals surface area contributed by atoms with E-state index in [4.69, 9.17) is 10.5 Å². The third-order valence-electron chi connectivity index (χ3n) is 4.22. The van der Waals surface area contributed by atoms with Gasteiger partial charge in [0, 0.05) is 31.0 Å². The molecule has 4 heteroatoms. The first kappa shape index (κ1) is 12.8. The molecule has 1 atom stereocenters. The van der Waals surface area contributed by atoms with Crippen molar-refractivity contribution in [3.8, 4) is 0 Å². The molecule has 1 aromatic carbocycles. The summed E-state index contributed by atoms with van der Waals surface area (Å²) in [7, 11) is 0. The molecule has 0 bridgehead atoms. The van der Waals surface area contributed by atoms with Gasteiger partial charge in [0.05, 0.1) is 13.2 Å². The fourth-order valence-electron chi connectivity index (χ4n) is 3.08. The van der Waals surface area contributed by atoms with Crippen LogP contribution < -0.4 is 11.1 Å². The van der Waals surface area contributed by atoms with Crippen LogP contribution in [0, 0.1) is 0 Å². The molecular formula is C15H23N3O. The Hall–Kier alpha value is -1.26. The van der Waals surface area contributed by atoms with Crippen LogP contribution in [0.3, 0.4) is 0 Å². The van der Waals surface area contributed by atoms with Gasteiger partial charge in [-0.3, -0.25) is 4.90 Å². The molecule has 1 aromatic rings. The lowest BCUT2D eigenvalue weighted by Gasteiger charge is -2.31. The van der Waals surface area contributed by atoms with Crippen molar-refractivity contribution in [2.75, 3.05) is 50.4 Å². The molecule has 1 unspecified atom stereocenters. The quantitative estimate of drug-likeness (QED) is 0.816. The van der Waals surface area contributed by atoms with Crippen LogP contribution in [0.5, 0.6) is 0 Å². The van der Waals surface area contributed by atoms with Gasteiger partial charge < -0.3 is 15.8 Å². The number of ether oxygens (including phenoxy) is 1. The van der Waals surface area contributed by atoms with Gasteiger partial charge in [0.15, 0.2) is 0 Å². The van der Waals surface area contributed by atoms with Crippen molar-refractivity contribution >= 4 is 11.4 Å². The standard InChI is InChI=1S/C15H23N3O/c16-13-1-2-14-12(3-5-17-15(14)11-13)4-6-18-7-9-19-10-8-18/h1-2,11-12,17H,3-10,16H2. The number of nitrogens with one attached hydrogen (secondary N) is 1. The normalized spacial score (nSPS) is 23.7. The highest BCUT2D eigenvalue weighted by molar-refractivity contribution is 5.62. The first-order valence-electron chi connectivity index (χ1n) is 7.26. The highest BCUT2D eigenvalue weighted by Crippen LogP contribution is 2.35. The Morgan fingerprint density at radius 3 is 3.00 bits per heavy atom. The molecule has 4 nitrogen and oxygen atoms in total. The maximum Gasteiger partial charge on any atom is 0.0594 e. The maximum absolute atomic E-state index is 5.86. The smallest absolute Gasteiger partial charge is 0.0594 e. The van der Waals surface area contributed by atoms with Crippen LogP contribution in [0.4, 0.5) is 11.4 Å². The van der Waals surface area contributed by atoms with Crippen molar-refractivity contribution in [3.05, 3.63) is 23.8 Å². The minimum atomic E-state index is 0.666. The summed E-state index contributed by atoms with van der Waals surface area (Å²) in [6.45, 7) is 6.18. The lowest BCUT2D eigenvalue weighted by molar-refractivity contribution is 0.0365. The number of hydrogen-bond donors (Lipinski definition) is 2. The summed E-state index contributed by atoms with van der Waals surface area (Å²) >= 11 is 0. The molecule has 0 aliphatic carbocycles. The summed E-state index contributed by atoms with van der Waals surface area (Å²) in [5.74, 6) is 0.666. The molecule has 1 saturated heterocycles. The van der Waals surface area contributed by atoms with Crippen molar-refractivity contribution < 1.29 is 4.74 Å². The van der Waals surface area contributed by atoms with Crippen molar-refractivity contribution in [1.82, 2.24) is 4.90 Å². The Morgan fingerprint density at radius 2 is 2.16 bits per heavy atom. The number of hydrogen-bond acceptors (Lipinski definition) is 4. The molecule has 2 heterocycles. The van der Waals surface area contributed by atoms with E-state index >= 15 is 0 Å². The van der Waals surface area contributed by atoms with E-state index in [-0.39, 0.29) is 0 Å². The van der Waals surface area contributed by atoms with Gasteiger partial charge in [-0.25, -0.2) is 0 Å². The molecule has 2 aliphatic heterocycles. The van der Waals surface area contributed by atoms with Gasteiger partial charge in [0.25, 0.3) is 0 Å². The molecule has 0 saturated carbocycles. The van der Waals surface area contributed by atoms with Gasteiger partial charge in [0.2, 0.25) is 0 Å². The molecule has 3 N–H and O–H groups in total. The van der Waals surface area contributed by atoms with Crippen molar-refractivity contribution in [2.24, 2.45) is 0 Å². The molecular weight excluding hydrogens is 238 g/mol. The summed E-state index contributed by atoms with van der Waals surface area (Å²) < 4.78 is 5.40. The minimum absolute atomic E-state index is 0.666. The average molecular weight is 261 g/mol. The maximum atomic E-state index is 5.86. The summed E-state index contributed by atoms with van der Waals surface area (Å²) in [5, 5.41) is 3.46. The van der Waals surface area contributed by atoms with E-state index in [1.165, 1.54) is 30.6 Å². The number of morpholine rings is 1. The Bertz CT molecular complexity index is 429. The van der Waals surface area contributed by atoms with Crippen molar-refractivity contribution in [1.29, 1.82) is 0 Å². The highest BCUT2D eigenvalue weighted by atomic mass is 16.5. The van der Waals surface area contributed by atoms with Crippen LogP contribution in [0.2, 0.25) is 0 Å². The van der Waals surface area contributed by atoms with E-state index < -0.39 is 0 Å². The van der Waals surface area contributed by atoms with E-state index in [0.29, 0.717) is 5.92 Å². The van der Waals surface area contributed by atoms with E-state index in [1.807, 2.05) is 6.07 Å². The fourth-order valence-corrected chi connectivity index (χ4v) is 3.08. The zero-order valence-electron chi connectivity index (χ0n) is 11.4. The van der Waals surface area contributed by atoms with Crippen molar-refractivity contribution in [3.63, 3.8) is 0 Å². The molecule has 104 valence electrons. The number of nitrogen functional groups attached to an aromatic ring is 1. The molecule has 0 amide bonds. The number of nitrogens with zero attached hydrogens (tertiary/aromatic N) is 1. The molecule has 1 fully saturated rings. The van der Waals surface area contributed by atoms with Gasteiger partial charge in [-0.2, -0.15) is 0 Å². The number of rotatable bonds is 3. The number of nitrogens with two attached hydrogens (primary N) is 1. The van der Waals surface area contributed by atoms with E-state index in [0.717, 1.165) is 38.5 Å². The van der Waals surface area contributed by atoms with Crippen LogP contribution in [0.1, 0.15) is 24.3 Å². The first-order chi connectivity index (χ1) is 9.33. The van der Waals surface area contributed by atoms with Gasteiger partial charge in [-0.15, -0.1) is 0 Å². The van der Waals surface area contributed by atoms with Gasteiger partial charge >= 0.3 is 0 Å². The average Bonchev–Trinajstić information content (AvgIpc) is 2.45. The van der Waals surface area contributed by atoms with Gasteiger partial charge in [-0.05, 0) is 43.0 Å². The first-order valence-corrected chi connectivity index (χ1v) is 7.26. The molecule has 0 spiro atoms. The number of benzene rings is 1. The van der Waals surface area contributed by atoms with E-state index in [2.05, 4.69) is 22.3 Å². The summed E-state index contributed by atoms with van der Waals surface area (Å²) in [6.07, 6.45) is 2.46. The van der Waals surface area contributed by atoms with Crippen LogP contribution in [-0.4, -0.2) is 44.3 Å². The lowest BCUT2D eigenvalue weighted by atomic mass is 9.88. The Kier molecular flexibility index (Phi) is 3.89. The molecule has 3 rings (SSSR count). The zero-order valence-corrected chi connectivity index (χ0v) is 11.4. The lowest BCUT2D eigenvalue weighted by Crippen LogP contribution is -2.37. The molecule has 0 aromatic heterocycles. The second kappa shape index (κ2) is 5.80. The number of anilines is 2. The minimum Gasteiger partial charge on any atom is -0.399 e.